The third-order valence-corrected chi connectivity index (χ3v) is 5.69. The van der Waals surface area contributed by atoms with Gasteiger partial charge in [-0.05, 0) is 54.4 Å². The Morgan fingerprint density at radius 2 is 1.77 bits per heavy atom. The van der Waals surface area contributed by atoms with Crippen LogP contribution in [-0.4, -0.2) is 68.5 Å². The molecule has 30 heavy (non-hydrogen) atoms. The van der Waals surface area contributed by atoms with Gasteiger partial charge in [0.05, 0.1) is 7.11 Å². The molecule has 4 rings (SSSR count). The van der Waals surface area contributed by atoms with E-state index in [4.69, 9.17) is 9.47 Å². The Balaban J connectivity index is 1.21. The second-order valence-corrected chi connectivity index (χ2v) is 7.82. The maximum absolute atomic E-state index is 11.5. The molecule has 0 aromatic heterocycles. The summed E-state index contributed by atoms with van der Waals surface area (Å²) in [4.78, 5) is 16.1. The standard InChI is InChI=1S/C23H29N3O4/c1-29-20-5-3-18(4-6-20)26-12-10-25(11-13-26)15-19(27)16-30-21-7-8-22-17(14-21)2-9-23(28)24-22/h3-8,14,19,27H,2,9-13,15-16H2,1H3,(H,24,28). The van der Waals surface area contributed by atoms with E-state index in [1.165, 1.54) is 5.69 Å². The summed E-state index contributed by atoms with van der Waals surface area (Å²) >= 11 is 0. The molecule has 7 nitrogen and oxygen atoms in total. The fraction of sp³-hybridized carbons (Fsp3) is 0.435. The van der Waals surface area contributed by atoms with Crippen LogP contribution in [0.3, 0.4) is 0 Å². The number of methoxy groups -OCH3 is 1. The normalized spacial score (nSPS) is 17.8. The smallest absolute Gasteiger partial charge is 0.224 e. The number of anilines is 2. The molecule has 2 aliphatic rings. The molecule has 160 valence electrons. The molecule has 2 N–H and O–H groups in total. The molecule has 2 heterocycles. The van der Waals surface area contributed by atoms with Gasteiger partial charge in [-0.15, -0.1) is 0 Å². The van der Waals surface area contributed by atoms with Gasteiger partial charge < -0.3 is 24.8 Å². The number of aliphatic hydroxyl groups is 1. The summed E-state index contributed by atoms with van der Waals surface area (Å²) in [5.41, 5.74) is 3.13. The summed E-state index contributed by atoms with van der Waals surface area (Å²) < 4.78 is 11.0. The number of aliphatic hydroxyl groups excluding tert-OH is 1. The van der Waals surface area contributed by atoms with Crippen molar-refractivity contribution in [1.29, 1.82) is 0 Å². The number of carbonyl (C=O) groups is 1. The number of piperazine rings is 1. The minimum atomic E-state index is -0.548. The highest BCUT2D eigenvalue weighted by Gasteiger charge is 2.20. The van der Waals surface area contributed by atoms with Crippen molar-refractivity contribution in [1.82, 2.24) is 4.90 Å². The number of ether oxygens (including phenoxy) is 2. The minimum absolute atomic E-state index is 0.0543. The van der Waals surface area contributed by atoms with Crippen LogP contribution in [0, 0.1) is 0 Å². The van der Waals surface area contributed by atoms with Crippen molar-refractivity contribution in [2.75, 3.05) is 56.7 Å². The molecular weight excluding hydrogens is 382 g/mol. The zero-order valence-corrected chi connectivity index (χ0v) is 17.3. The van der Waals surface area contributed by atoms with E-state index >= 15 is 0 Å². The summed E-state index contributed by atoms with van der Waals surface area (Å²) in [6.45, 7) is 4.51. The number of fused-ring (bicyclic) bond motifs is 1. The highest BCUT2D eigenvalue weighted by molar-refractivity contribution is 5.94. The fourth-order valence-electron chi connectivity index (χ4n) is 3.97. The number of amides is 1. The summed E-state index contributed by atoms with van der Waals surface area (Å²) in [6.07, 6.45) is 0.675. The van der Waals surface area contributed by atoms with Crippen LogP contribution >= 0.6 is 0 Å². The van der Waals surface area contributed by atoms with E-state index in [-0.39, 0.29) is 12.5 Å². The second-order valence-electron chi connectivity index (χ2n) is 7.82. The molecule has 2 aliphatic heterocycles. The van der Waals surface area contributed by atoms with Crippen LogP contribution in [-0.2, 0) is 11.2 Å². The average Bonchev–Trinajstić information content (AvgIpc) is 2.78. The first-order valence-electron chi connectivity index (χ1n) is 10.5. The highest BCUT2D eigenvalue weighted by Crippen LogP contribution is 2.27. The lowest BCUT2D eigenvalue weighted by molar-refractivity contribution is -0.116. The summed E-state index contributed by atoms with van der Waals surface area (Å²) in [6, 6.07) is 13.8. The number of hydrogen-bond acceptors (Lipinski definition) is 6. The molecule has 7 heteroatoms. The molecule has 1 saturated heterocycles. The van der Waals surface area contributed by atoms with Gasteiger partial charge in [-0.1, -0.05) is 0 Å². The first kappa shape index (κ1) is 20.5. The van der Waals surface area contributed by atoms with Crippen LogP contribution in [0.5, 0.6) is 11.5 Å². The number of benzene rings is 2. The predicted octanol–water partition coefficient (Wildman–Crippen LogP) is 2.14. The van der Waals surface area contributed by atoms with Gasteiger partial charge in [0.15, 0.2) is 0 Å². The van der Waals surface area contributed by atoms with Crippen molar-refractivity contribution in [2.45, 2.75) is 18.9 Å². The number of nitrogens with one attached hydrogen (secondary N) is 1. The van der Waals surface area contributed by atoms with Crippen LogP contribution in [0.4, 0.5) is 11.4 Å². The maximum Gasteiger partial charge on any atom is 0.224 e. The molecule has 1 fully saturated rings. The predicted molar refractivity (Wildman–Crippen MR) is 117 cm³/mol. The van der Waals surface area contributed by atoms with Gasteiger partial charge in [-0.25, -0.2) is 0 Å². The van der Waals surface area contributed by atoms with Gasteiger partial charge in [0, 0.05) is 50.5 Å². The Labute approximate surface area is 177 Å². The van der Waals surface area contributed by atoms with Gasteiger partial charge in [-0.2, -0.15) is 0 Å². The molecular formula is C23H29N3O4. The monoisotopic (exact) mass is 411 g/mol. The lowest BCUT2D eigenvalue weighted by Gasteiger charge is -2.36. The summed E-state index contributed by atoms with van der Waals surface area (Å²) in [7, 11) is 1.67. The van der Waals surface area contributed by atoms with Gasteiger partial charge in [0.2, 0.25) is 5.91 Å². The van der Waals surface area contributed by atoms with Crippen molar-refractivity contribution in [3.63, 3.8) is 0 Å². The van der Waals surface area contributed by atoms with E-state index in [1.807, 2.05) is 30.3 Å². The van der Waals surface area contributed by atoms with Gasteiger partial charge >= 0.3 is 0 Å². The number of aryl methyl sites for hydroxylation is 1. The largest absolute Gasteiger partial charge is 0.497 e. The lowest BCUT2D eigenvalue weighted by Crippen LogP contribution is -2.49. The fourth-order valence-corrected chi connectivity index (χ4v) is 3.97. The topological polar surface area (TPSA) is 74.3 Å². The van der Waals surface area contributed by atoms with Gasteiger partial charge in [0.1, 0.15) is 24.2 Å². The molecule has 0 aliphatic carbocycles. The Morgan fingerprint density at radius 1 is 1.03 bits per heavy atom. The van der Waals surface area contributed by atoms with Crippen LogP contribution in [0.1, 0.15) is 12.0 Å². The molecule has 1 unspecified atom stereocenters. The van der Waals surface area contributed by atoms with Crippen molar-refractivity contribution in [3.8, 4) is 11.5 Å². The van der Waals surface area contributed by atoms with Crippen molar-refractivity contribution in [2.24, 2.45) is 0 Å². The van der Waals surface area contributed by atoms with E-state index in [0.717, 1.165) is 55.3 Å². The van der Waals surface area contributed by atoms with Crippen molar-refractivity contribution in [3.05, 3.63) is 48.0 Å². The Kier molecular flexibility index (Phi) is 6.40. The van der Waals surface area contributed by atoms with E-state index in [0.29, 0.717) is 13.0 Å². The number of carbonyl (C=O) groups excluding carboxylic acids is 1. The molecule has 0 radical (unpaired) electrons. The SMILES string of the molecule is COc1ccc(N2CCN(CC(O)COc3ccc4c(c3)CCC(=O)N4)CC2)cc1. The quantitative estimate of drug-likeness (QED) is 0.727. The number of β-amino-alcohol motifs (C(OH)–C–C–N with tert-alkyl or cyclic N) is 1. The van der Waals surface area contributed by atoms with Gasteiger partial charge in [-0.3, -0.25) is 9.69 Å². The van der Waals surface area contributed by atoms with Crippen molar-refractivity contribution >= 4 is 17.3 Å². The van der Waals surface area contributed by atoms with Crippen LogP contribution in [0.2, 0.25) is 0 Å². The number of nitrogens with zero attached hydrogens (tertiary/aromatic N) is 2. The molecule has 1 atom stereocenters. The molecule has 2 aromatic rings. The molecule has 0 saturated carbocycles. The van der Waals surface area contributed by atoms with E-state index < -0.39 is 6.10 Å². The maximum atomic E-state index is 11.5. The number of rotatable bonds is 7. The summed E-state index contributed by atoms with van der Waals surface area (Å²) in [5.74, 6) is 1.65. The third kappa shape index (κ3) is 5.04. The second kappa shape index (κ2) is 9.36. The van der Waals surface area contributed by atoms with Crippen LogP contribution < -0.4 is 19.7 Å². The first-order chi connectivity index (χ1) is 14.6. The van der Waals surface area contributed by atoms with Crippen LogP contribution in [0.25, 0.3) is 0 Å². The van der Waals surface area contributed by atoms with Gasteiger partial charge in [0.25, 0.3) is 0 Å². The number of hydrogen-bond donors (Lipinski definition) is 2. The zero-order valence-electron chi connectivity index (χ0n) is 17.3. The van der Waals surface area contributed by atoms with E-state index in [9.17, 15) is 9.90 Å². The Hall–Kier alpha value is -2.77. The minimum Gasteiger partial charge on any atom is -0.497 e. The van der Waals surface area contributed by atoms with E-state index in [2.05, 4.69) is 27.2 Å². The molecule has 0 spiro atoms. The summed E-state index contributed by atoms with van der Waals surface area (Å²) in [5, 5.41) is 13.3. The average molecular weight is 412 g/mol. The Morgan fingerprint density at radius 3 is 2.50 bits per heavy atom. The highest BCUT2D eigenvalue weighted by atomic mass is 16.5. The molecule has 0 bridgehead atoms. The van der Waals surface area contributed by atoms with Crippen molar-refractivity contribution < 1.29 is 19.4 Å². The Bertz CT molecular complexity index is 863. The van der Waals surface area contributed by atoms with E-state index in [1.54, 1.807) is 7.11 Å². The lowest BCUT2D eigenvalue weighted by atomic mass is 10.0. The zero-order chi connectivity index (χ0) is 20.9. The molecule has 2 aromatic carbocycles. The first-order valence-corrected chi connectivity index (χ1v) is 10.5. The van der Waals surface area contributed by atoms with Crippen LogP contribution in [0.15, 0.2) is 42.5 Å². The molecule has 1 amide bonds. The third-order valence-electron chi connectivity index (χ3n) is 5.69.